The first-order chi connectivity index (χ1) is 10.0. The molecule has 114 valence electrons. The van der Waals surface area contributed by atoms with E-state index in [2.05, 4.69) is 31.3 Å². The van der Waals surface area contributed by atoms with Crippen molar-refractivity contribution in [1.82, 2.24) is 5.32 Å². The first-order valence-electron chi connectivity index (χ1n) is 8.02. The number of ether oxygens (including phenoxy) is 1. The number of fused-ring (bicyclic) bond motifs is 2. The van der Waals surface area contributed by atoms with Crippen molar-refractivity contribution in [3.63, 3.8) is 0 Å². The van der Waals surface area contributed by atoms with Crippen molar-refractivity contribution in [2.75, 3.05) is 7.11 Å². The van der Waals surface area contributed by atoms with Crippen LogP contribution in [0.2, 0.25) is 0 Å². The number of methoxy groups -OCH3 is 1. The van der Waals surface area contributed by atoms with Crippen LogP contribution in [0.25, 0.3) is 0 Å². The van der Waals surface area contributed by atoms with Crippen LogP contribution in [0.5, 0.6) is 5.75 Å². The minimum Gasteiger partial charge on any atom is -0.497 e. The lowest BCUT2D eigenvalue weighted by molar-refractivity contribution is -0.119. The van der Waals surface area contributed by atoms with Gasteiger partial charge >= 0.3 is 0 Å². The highest BCUT2D eigenvalue weighted by Crippen LogP contribution is 2.47. The number of hydrogen-bond acceptors (Lipinski definition) is 2. The number of benzene rings is 1. The number of rotatable bonds is 3. The van der Waals surface area contributed by atoms with Crippen LogP contribution in [-0.2, 0) is 16.6 Å². The Morgan fingerprint density at radius 2 is 2.24 bits per heavy atom. The summed E-state index contributed by atoms with van der Waals surface area (Å²) in [5, 5.41) is 3.24. The lowest BCUT2D eigenvalue weighted by Gasteiger charge is -2.40. The van der Waals surface area contributed by atoms with E-state index >= 15 is 0 Å². The van der Waals surface area contributed by atoms with Gasteiger partial charge in [-0.1, -0.05) is 19.9 Å². The van der Waals surface area contributed by atoms with E-state index in [1.54, 1.807) is 7.11 Å². The highest BCUT2D eigenvalue weighted by atomic mass is 16.5. The second kappa shape index (κ2) is 5.36. The van der Waals surface area contributed by atoms with Crippen molar-refractivity contribution >= 4 is 5.91 Å². The molecule has 2 aliphatic rings. The fourth-order valence-corrected chi connectivity index (χ4v) is 4.19. The lowest BCUT2D eigenvalue weighted by Crippen LogP contribution is -2.43. The van der Waals surface area contributed by atoms with Gasteiger partial charge in [0.25, 0.3) is 0 Å². The molecule has 1 spiro atoms. The summed E-state index contributed by atoms with van der Waals surface area (Å²) in [6.07, 6.45) is 5.06. The van der Waals surface area contributed by atoms with E-state index in [0.717, 1.165) is 25.0 Å². The average Bonchev–Trinajstić information content (AvgIpc) is 2.74. The van der Waals surface area contributed by atoms with Gasteiger partial charge in [0.2, 0.25) is 5.91 Å². The molecule has 2 atom stereocenters. The first kappa shape index (κ1) is 14.4. The van der Waals surface area contributed by atoms with Gasteiger partial charge in [0.15, 0.2) is 0 Å². The first-order valence-corrected chi connectivity index (χ1v) is 8.02. The summed E-state index contributed by atoms with van der Waals surface area (Å²) in [5.74, 6) is 1.69. The fraction of sp³-hybridized carbons (Fsp3) is 0.611. The minimum atomic E-state index is -0.0243. The quantitative estimate of drug-likeness (QED) is 0.927. The third-order valence-electron chi connectivity index (χ3n) is 5.11. The molecule has 0 radical (unpaired) electrons. The summed E-state index contributed by atoms with van der Waals surface area (Å²) in [6.45, 7) is 4.46. The zero-order valence-electron chi connectivity index (χ0n) is 13.2. The Balaban J connectivity index is 2.07. The lowest BCUT2D eigenvalue weighted by atomic mass is 9.64. The van der Waals surface area contributed by atoms with Gasteiger partial charge < -0.3 is 10.1 Å². The third kappa shape index (κ3) is 2.43. The monoisotopic (exact) mass is 287 g/mol. The molecule has 1 aliphatic carbocycles. The summed E-state index contributed by atoms with van der Waals surface area (Å²) in [7, 11) is 1.71. The van der Waals surface area contributed by atoms with Crippen LogP contribution in [0, 0.1) is 5.92 Å². The Morgan fingerprint density at radius 3 is 2.95 bits per heavy atom. The molecule has 21 heavy (non-hydrogen) atoms. The molecule has 1 aliphatic heterocycles. The van der Waals surface area contributed by atoms with Crippen molar-refractivity contribution in [1.29, 1.82) is 0 Å². The summed E-state index contributed by atoms with van der Waals surface area (Å²) < 4.78 is 5.42. The SMILES string of the molecule is COc1ccc2c(c1)C1(CCC2)CC(=O)NC1CC(C)C. The van der Waals surface area contributed by atoms with Gasteiger partial charge in [0.05, 0.1) is 7.11 Å². The maximum absolute atomic E-state index is 12.1. The average molecular weight is 287 g/mol. The number of aryl methyl sites for hydroxylation is 1. The predicted octanol–water partition coefficient (Wildman–Crippen LogP) is 3.20. The topological polar surface area (TPSA) is 38.3 Å². The normalized spacial score (nSPS) is 27.8. The van der Waals surface area contributed by atoms with Crippen molar-refractivity contribution in [3.05, 3.63) is 29.3 Å². The van der Waals surface area contributed by atoms with E-state index in [1.807, 2.05) is 6.07 Å². The summed E-state index contributed by atoms with van der Waals surface area (Å²) in [6, 6.07) is 6.66. The van der Waals surface area contributed by atoms with E-state index in [9.17, 15) is 4.79 Å². The van der Waals surface area contributed by atoms with Crippen molar-refractivity contribution in [2.45, 2.75) is 57.4 Å². The van der Waals surface area contributed by atoms with Crippen LogP contribution >= 0.6 is 0 Å². The summed E-state index contributed by atoms with van der Waals surface area (Å²) in [5.41, 5.74) is 2.72. The zero-order valence-corrected chi connectivity index (χ0v) is 13.2. The van der Waals surface area contributed by atoms with Crippen molar-refractivity contribution < 1.29 is 9.53 Å². The standard InChI is InChI=1S/C18H25NO2/c1-12(2)9-16-18(11-17(20)19-16)8-4-5-13-6-7-14(21-3)10-15(13)18/h6-7,10,12,16H,4-5,8-9,11H2,1-3H3,(H,19,20). The highest BCUT2D eigenvalue weighted by Gasteiger charge is 2.49. The molecule has 1 heterocycles. The third-order valence-corrected chi connectivity index (χ3v) is 5.11. The number of amides is 1. The van der Waals surface area contributed by atoms with E-state index in [-0.39, 0.29) is 17.4 Å². The van der Waals surface area contributed by atoms with Crippen LogP contribution in [0.1, 0.15) is 50.7 Å². The number of nitrogens with one attached hydrogen (secondary N) is 1. The Labute approximate surface area is 127 Å². The smallest absolute Gasteiger partial charge is 0.221 e. The van der Waals surface area contributed by atoms with Crippen LogP contribution in [-0.4, -0.2) is 19.1 Å². The molecule has 3 rings (SSSR count). The van der Waals surface area contributed by atoms with E-state index in [1.165, 1.54) is 17.5 Å². The Hall–Kier alpha value is -1.51. The van der Waals surface area contributed by atoms with Crippen LogP contribution in [0.15, 0.2) is 18.2 Å². The number of carbonyl (C=O) groups excluding carboxylic acids is 1. The Bertz CT molecular complexity index is 552. The Kier molecular flexibility index (Phi) is 3.68. The van der Waals surface area contributed by atoms with Gasteiger partial charge in [-0.2, -0.15) is 0 Å². The Morgan fingerprint density at radius 1 is 1.43 bits per heavy atom. The van der Waals surface area contributed by atoms with E-state index in [4.69, 9.17) is 4.74 Å². The largest absolute Gasteiger partial charge is 0.497 e. The molecule has 1 fully saturated rings. The maximum atomic E-state index is 12.1. The molecular formula is C18H25NO2. The summed E-state index contributed by atoms with van der Waals surface area (Å²) >= 11 is 0. The van der Waals surface area contributed by atoms with Gasteiger partial charge in [-0.15, -0.1) is 0 Å². The number of carbonyl (C=O) groups is 1. The molecule has 0 saturated carbocycles. The molecule has 3 nitrogen and oxygen atoms in total. The van der Waals surface area contributed by atoms with Gasteiger partial charge in [-0.3, -0.25) is 4.79 Å². The molecule has 0 aromatic heterocycles. The van der Waals surface area contributed by atoms with Crippen molar-refractivity contribution in [3.8, 4) is 5.75 Å². The van der Waals surface area contributed by atoms with Gasteiger partial charge in [-0.05, 0) is 54.9 Å². The molecule has 1 N–H and O–H groups in total. The van der Waals surface area contributed by atoms with Crippen LogP contribution < -0.4 is 10.1 Å². The molecule has 3 heteroatoms. The number of hydrogen-bond donors (Lipinski definition) is 1. The van der Waals surface area contributed by atoms with Crippen LogP contribution in [0.4, 0.5) is 0 Å². The minimum absolute atomic E-state index is 0.0243. The molecule has 1 aromatic carbocycles. The maximum Gasteiger partial charge on any atom is 0.221 e. The fourth-order valence-electron chi connectivity index (χ4n) is 4.19. The van der Waals surface area contributed by atoms with Gasteiger partial charge in [0.1, 0.15) is 5.75 Å². The van der Waals surface area contributed by atoms with Gasteiger partial charge in [0, 0.05) is 17.9 Å². The predicted molar refractivity (Wildman–Crippen MR) is 83.6 cm³/mol. The zero-order chi connectivity index (χ0) is 15.0. The van der Waals surface area contributed by atoms with Crippen molar-refractivity contribution in [2.24, 2.45) is 5.92 Å². The molecule has 0 bridgehead atoms. The highest BCUT2D eigenvalue weighted by molar-refractivity contribution is 5.82. The second-order valence-corrected chi connectivity index (χ2v) is 6.96. The molecule has 1 aromatic rings. The van der Waals surface area contributed by atoms with Gasteiger partial charge in [-0.25, -0.2) is 0 Å². The molecule has 2 unspecified atom stereocenters. The molecule has 1 saturated heterocycles. The van der Waals surface area contributed by atoms with E-state index in [0.29, 0.717) is 12.3 Å². The summed E-state index contributed by atoms with van der Waals surface area (Å²) in [4.78, 5) is 12.1. The van der Waals surface area contributed by atoms with E-state index < -0.39 is 0 Å². The second-order valence-electron chi connectivity index (χ2n) is 6.96. The molecular weight excluding hydrogens is 262 g/mol. The molecule has 1 amide bonds. The van der Waals surface area contributed by atoms with Crippen LogP contribution in [0.3, 0.4) is 0 Å².